The second-order valence-corrected chi connectivity index (χ2v) is 3.23. The molecule has 0 saturated heterocycles. The van der Waals surface area contributed by atoms with Gasteiger partial charge in [-0.1, -0.05) is 15.9 Å². The zero-order valence-electron chi connectivity index (χ0n) is 7.86. The summed E-state index contributed by atoms with van der Waals surface area (Å²) in [5, 5.41) is 7.01. The summed E-state index contributed by atoms with van der Waals surface area (Å²) in [6.07, 6.45) is 3.37. The van der Waals surface area contributed by atoms with Crippen LogP contribution < -0.4 is 5.32 Å². The molecule has 1 rings (SSSR count). The van der Waals surface area contributed by atoms with E-state index in [2.05, 4.69) is 26.3 Å². The first-order chi connectivity index (χ1) is 6.76. The number of hydrogen-bond acceptors (Lipinski definition) is 3. The van der Waals surface area contributed by atoms with Crippen LogP contribution in [0.2, 0.25) is 0 Å². The van der Waals surface area contributed by atoms with Crippen molar-refractivity contribution >= 4 is 27.5 Å². The Morgan fingerprint density at radius 1 is 1.79 bits per heavy atom. The van der Waals surface area contributed by atoms with Gasteiger partial charge >= 0.3 is 0 Å². The number of anilines is 1. The zero-order chi connectivity index (χ0) is 10.4. The van der Waals surface area contributed by atoms with Gasteiger partial charge in [-0.3, -0.25) is 9.48 Å². The van der Waals surface area contributed by atoms with Crippen molar-refractivity contribution in [2.24, 2.45) is 0 Å². The molecule has 0 fully saturated rings. The molecule has 78 valence electrons. The van der Waals surface area contributed by atoms with Crippen molar-refractivity contribution in [2.45, 2.75) is 6.54 Å². The maximum Gasteiger partial charge on any atom is 0.235 e. The van der Waals surface area contributed by atoms with E-state index in [1.807, 2.05) is 0 Å². The predicted molar refractivity (Wildman–Crippen MR) is 56.5 cm³/mol. The lowest BCUT2D eigenvalue weighted by atomic mass is 10.5. The molecule has 0 saturated carbocycles. The first kappa shape index (κ1) is 11.2. The van der Waals surface area contributed by atoms with E-state index in [0.717, 1.165) is 0 Å². The molecule has 6 heteroatoms. The van der Waals surface area contributed by atoms with E-state index in [4.69, 9.17) is 4.74 Å². The number of amides is 1. The number of aromatic nitrogens is 2. The van der Waals surface area contributed by atoms with Gasteiger partial charge in [0.15, 0.2) is 0 Å². The number of alkyl halides is 1. The standard InChI is InChI=1S/C8H12BrN3O2/c1-14-3-2-12-6-7(5-10-12)11-8(13)4-9/h5-6H,2-4H2,1H3,(H,11,13). The second kappa shape index (κ2) is 5.77. The summed E-state index contributed by atoms with van der Waals surface area (Å²) < 4.78 is 6.62. The lowest BCUT2D eigenvalue weighted by Gasteiger charge is -1.99. The van der Waals surface area contributed by atoms with Crippen molar-refractivity contribution in [3.8, 4) is 0 Å². The molecule has 0 atom stereocenters. The number of nitrogens with zero attached hydrogens (tertiary/aromatic N) is 2. The van der Waals surface area contributed by atoms with Gasteiger partial charge in [-0.15, -0.1) is 0 Å². The average molecular weight is 262 g/mol. The third-order valence-corrected chi connectivity index (χ3v) is 2.07. The molecule has 0 unspecified atom stereocenters. The topological polar surface area (TPSA) is 56.1 Å². The minimum absolute atomic E-state index is 0.0868. The molecule has 1 aromatic rings. The third kappa shape index (κ3) is 3.47. The highest BCUT2D eigenvalue weighted by molar-refractivity contribution is 9.09. The van der Waals surface area contributed by atoms with Crippen LogP contribution in [0.5, 0.6) is 0 Å². The minimum Gasteiger partial charge on any atom is -0.383 e. The number of nitrogens with one attached hydrogen (secondary N) is 1. The fraction of sp³-hybridized carbons (Fsp3) is 0.500. The number of hydrogen-bond donors (Lipinski definition) is 1. The quantitative estimate of drug-likeness (QED) is 0.801. The lowest BCUT2D eigenvalue weighted by molar-refractivity contribution is -0.113. The van der Waals surface area contributed by atoms with Crippen LogP contribution in [-0.4, -0.2) is 34.7 Å². The highest BCUT2D eigenvalue weighted by Crippen LogP contribution is 2.04. The Morgan fingerprint density at radius 3 is 3.21 bits per heavy atom. The van der Waals surface area contributed by atoms with Crippen LogP contribution in [-0.2, 0) is 16.1 Å². The van der Waals surface area contributed by atoms with Gasteiger partial charge in [0.1, 0.15) is 0 Å². The van der Waals surface area contributed by atoms with Crippen LogP contribution in [0.25, 0.3) is 0 Å². The monoisotopic (exact) mass is 261 g/mol. The van der Waals surface area contributed by atoms with E-state index < -0.39 is 0 Å². The van der Waals surface area contributed by atoms with Crippen LogP contribution in [0.4, 0.5) is 5.69 Å². The Morgan fingerprint density at radius 2 is 2.57 bits per heavy atom. The predicted octanol–water partition coefficient (Wildman–Crippen LogP) is 0.863. The number of methoxy groups -OCH3 is 1. The summed E-state index contributed by atoms with van der Waals surface area (Å²) >= 11 is 3.06. The summed E-state index contributed by atoms with van der Waals surface area (Å²) in [6.45, 7) is 1.29. The molecule has 0 aliphatic rings. The summed E-state index contributed by atoms with van der Waals surface area (Å²) in [6, 6.07) is 0. The zero-order valence-corrected chi connectivity index (χ0v) is 9.45. The molecule has 1 heterocycles. The molecule has 0 spiro atoms. The smallest absolute Gasteiger partial charge is 0.235 e. The number of rotatable bonds is 5. The van der Waals surface area contributed by atoms with E-state index in [-0.39, 0.29) is 11.2 Å². The van der Waals surface area contributed by atoms with Crippen molar-refractivity contribution < 1.29 is 9.53 Å². The second-order valence-electron chi connectivity index (χ2n) is 2.67. The van der Waals surface area contributed by atoms with E-state index in [1.165, 1.54) is 0 Å². The van der Waals surface area contributed by atoms with Crippen LogP contribution in [0.1, 0.15) is 0 Å². The Hall–Kier alpha value is -0.880. The summed E-state index contributed by atoms with van der Waals surface area (Å²) in [5.41, 5.74) is 0.700. The van der Waals surface area contributed by atoms with Crippen molar-refractivity contribution in [3.05, 3.63) is 12.4 Å². The van der Waals surface area contributed by atoms with Crippen molar-refractivity contribution in [1.82, 2.24) is 9.78 Å². The highest BCUT2D eigenvalue weighted by Gasteiger charge is 2.01. The molecular weight excluding hydrogens is 250 g/mol. The normalized spacial score (nSPS) is 10.1. The number of ether oxygens (including phenoxy) is 1. The third-order valence-electron chi connectivity index (χ3n) is 1.56. The Labute approximate surface area is 90.6 Å². The fourth-order valence-electron chi connectivity index (χ4n) is 0.930. The molecule has 5 nitrogen and oxygen atoms in total. The molecule has 14 heavy (non-hydrogen) atoms. The molecule has 1 aromatic heterocycles. The maximum absolute atomic E-state index is 11.0. The molecule has 0 radical (unpaired) electrons. The first-order valence-corrected chi connectivity index (χ1v) is 5.25. The van der Waals surface area contributed by atoms with Gasteiger partial charge < -0.3 is 10.1 Å². The molecule has 0 bridgehead atoms. The molecular formula is C8H12BrN3O2. The minimum atomic E-state index is -0.0868. The van der Waals surface area contributed by atoms with Gasteiger partial charge in [0.25, 0.3) is 0 Å². The highest BCUT2D eigenvalue weighted by atomic mass is 79.9. The van der Waals surface area contributed by atoms with E-state index in [1.54, 1.807) is 24.2 Å². The van der Waals surface area contributed by atoms with Crippen LogP contribution in [0, 0.1) is 0 Å². The summed E-state index contributed by atoms with van der Waals surface area (Å²) in [7, 11) is 1.64. The van der Waals surface area contributed by atoms with Crippen molar-refractivity contribution in [2.75, 3.05) is 24.4 Å². The molecule has 0 aromatic carbocycles. The van der Waals surface area contributed by atoms with Gasteiger partial charge in [0, 0.05) is 13.3 Å². The molecule has 1 N–H and O–H groups in total. The van der Waals surface area contributed by atoms with Crippen LogP contribution >= 0.6 is 15.9 Å². The lowest BCUT2D eigenvalue weighted by Crippen LogP contribution is -2.11. The molecule has 0 aliphatic carbocycles. The van der Waals surface area contributed by atoms with E-state index in [0.29, 0.717) is 18.8 Å². The summed E-state index contributed by atoms with van der Waals surface area (Å²) in [4.78, 5) is 11.0. The van der Waals surface area contributed by atoms with Gasteiger partial charge in [0.2, 0.25) is 5.91 Å². The van der Waals surface area contributed by atoms with Crippen molar-refractivity contribution in [3.63, 3.8) is 0 Å². The van der Waals surface area contributed by atoms with Gasteiger partial charge in [-0.05, 0) is 0 Å². The molecule has 0 aliphatic heterocycles. The van der Waals surface area contributed by atoms with Crippen molar-refractivity contribution in [1.29, 1.82) is 0 Å². The Bertz CT molecular complexity index is 301. The number of halogens is 1. The van der Waals surface area contributed by atoms with Gasteiger partial charge in [-0.2, -0.15) is 5.10 Å². The van der Waals surface area contributed by atoms with Crippen LogP contribution in [0.15, 0.2) is 12.4 Å². The van der Waals surface area contributed by atoms with Crippen LogP contribution in [0.3, 0.4) is 0 Å². The first-order valence-electron chi connectivity index (χ1n) is 4.13. The Balaban J connectivity index is 2.46. The summed E-state index contributed by atoms with van der Waals surface area (Å²) in [5.74, 6) is -0.0868. The largest absolute Gasteiger partial charge is 0.383 e. The number of carbonyl (C=O) groups excluding carboxylic acids is 1. The average Bonchev–Trinajstić information content (AvgIpc) is 2.62. The maximum atomic E-state index is 11.0. The van der Waals surface area contributed by atoms with Gasteiger partial charge in [-0.25, -0.2) is 0 Å². The van der Waals surface area contributed by atoms with E-state index in [9.17, 15) is 4.79 Å². The molecule has 1 amide bonds. The van der Waals surface area contributed by atoms with Gasteiger partial charge in [0.05, 0.1) is 30.4 Å². The Kier molecular flexibility index (Phi) is 4.61. The fourth-order valence-corrected chi connectivity index (χ4v) is 1.07. The SMILES string of the molecule is COCCn1cc(NC(=O)CBr)cn1. The number of carbonyl (C=O) groups is 1. The van der Waals surface area contributed by atoms with E-state index >= 15 is 0 Å².